The number of esters is 1. The number of aromatic nitrogens is 1. The minimum atomic E-state index is -0.0793. The van der Waals surface area contributed by atoms with Crippen molar-refractivity contribution in [3.8, 4) is 0 Å². The molecule has 120 valence electrons. The minimum Gasteiger partial charge on any atom is -0.466 e. The summed E-state index contributed by atoms with van der Waals surface area (Å²) in [5.41, 5.74) is 2.58. The van der Waals surface area contributed by atoms with Crippen LogP contribution in [0.5, 0.6) is 0 Å². The van der Waals surface area contributed by atoms with Crippen LogP contribution in [0.25, 0.3) is 21.8 Å². The maximum atomic E-state index is 11.4. The first-order chi connectivity index (χ1) is 11.3. The maximum Gasteiger partial charge on any atom is 0.305 e. The van der Waals surface area contributed by atoms with Gasteiger partial charge in [0.2, 0.25) is 0 Å². The molecule has 3 heteroatoms. The van der Waals surface area contributed by atoms with E-state index in [1.165, 1.54) is 21.8 Å². The highest BCUT2D eigenvalue weighted by atomic mass is 16.5. The van der Waals surface area contributed by atoms with Crippen molar-refractivity contribution in [2.75, 3.05) is 6.61 Å². The first-order valence-corrected chi connectivity index (χ1v) is 8.43. The SMILES string of the molecule is CCOC(=O)CCCCCn1c2ccccc2c2ccccc21. The molecule has 0 amide bonds. The molecule has 3 rings (SSSR count). The lowest BCUT2D eigenvalue weighted by atomic mass is 10.2. The molecule has 0 aliphatic rings. The Morgan fingerprint density at radius 3 is 2.13 bits per heavy atom. The molecule has 0 aliphatic heterocycles. The van der Waals surface area contributed by atoms with E-state index >= 15 is 0 Å². The molecule has 0 saturated carbocycles. The van der Waals surface area contributed by atoms with E-state index in [0.717, 1.165) is 25.8 Å². The Morgan fingerprint density at radius 1 is 0.913 bits per heavy atom. The van der Waals surface area contributed by atoms with Gasteiger partial charge in [-0.3, -0.25) is 4.79 Å². The molecule has 1 aromatic heterocycles. The number of rotatable bonds is 7. The Bertz CT molecular complexity index is 750. The van der Waals surface area contributed by atoms with Gasteiger partial charge in [-0.25, -0.2) is 0 Å². The quantitative estimate of drug-likeness (QED) is 0.458. The van der Waals surface area contributed by atoms with E-state index in [-0.39, 0.29) is 5.97 Å². The van der Waals surface area contributed by atoms with E-state index in [9.17, 15) is 4.79 Å². The third-order valence-electron chi connectivity index (χ3n) is 4.25. The van der Waals surface area contributed by atoms with Crippen molar-refractivity contribution in [2.24, 2.45) is 0 Å². The fourth-order valence-electron chi connectivity index (χ4n) is 3.19. The molecule has 0 atom stereocenters. The number of hydrogen-bond donors (Lipinski definition) is 0. The second-order valence-electron chi connectivity index (χ2n) is 5.80. The summed E-state index contributed by atoms with van der Waals surface area (Å²) in [5, 5.41) is 2.63. The van der Waals surface area contributed by atoms with Gasteiger partial charge < -0.3 is 9.30 Å². The number of hydrogen-bond acceptors (Lipinski definition) is 2. The van der Waals surface area contributed by atoms with Crippen molar-refractivity contribution in [3.63, 3.8) is 0 Å². The number of nitrogens with zero attached hydrogens (tertiary/aromatic N) is 1. The zero-order chi connectivity index (χ0) is 16.1. The third-order valence-corrected chi connectivity index (χ3v) is 4.25. The summed E-state index contributed by atoms with van der Waals surface area (Å²) >= 11 is 0. The molecule has 0 radical (unpaired) electrons. The van der Waals surface area contributed by atoms with Crippen LogP contribution in [0.4, 0.5) is 0 Å². The first-order valence-electron chi connectivity index (χ1n) is 8.43. The summed E-state index contributed by atoms with van der Waals surface area (Å²) in [6, 6.07) is 17.1. The van der Waals surface area contributed by atoms with E-state index in [1.807, 2.05) is 6.92 Å². The van der Waals surface area contributed by atoms with E-state index < -0.39 is 0 Å². The minimum absolute atomic E-state index is 0.0793. The molecule has 0 aliphatic carbocycles. The van der Waals surface area contributed by atoms with Gasteiger partial charge in [0.1, 0.15) is 0 Å². The second-order valence-corrected chi connectivity index (χ2v) is 5.80. The molecular formula is C20H23NO2. The van der Waals surface area contributed by atoms with Gasteiger partial charge in [0.15, 0.2) is 0 Å². The summed E-state index contributed by atoms with van der Waals surface area (Å²) in [6.45, 7) is 3.30. The molecular weight excluding hydrogens is 286 g/mol. The molecule has 2 aromatic carbocycles. The predicted octanol–water partition coefficient (Wildman–Crippen LogP) is 4.92. The van der Waals surface area contributed by atoms with Crippen LogP contribution in [0.1, 0.15) is 32.6 Å². The van der Waals surface area contributed by atoms with Gasteiger partial charge in [0.25, 0.3) is 0 Å². The number of para-hydroxylation sites is 2. The number of fused-ring (bicyclic) bond motifs is 3. The summed E-state index contributed by atoms with van der Waals surface area (Å²) in [6.07, 6.45) is 3.54. The number of carbonyl (C=O) groups excluding carboxylic acids is 1. The lowest BCUT2D eigenvalue weighted by Gasteiger charge is -2.07. The van der Waals surface area contributed by atoms with Gasteiger partial charge in [-0.15, -0.1) is 0 Å². The van der Waals surface area contributed by atoms with Crippen molar-refractivity contribution in [3.05, 3.63) is 48.5 Å². The number of benzene rings is 2. The highest BCUT2D eigenvalue weighted by molar-refractivity contribution is 6.07. The molecule has 0 spiro atoms. The predicted molar refractivity (Wildman–Crippen MR) is 94.5 cm³/mol. The van der Waals surface area contributed by atoms with Gasteiger partial charge in [-0.05, 0) is 31.9 Å². The van der Waals surface area contributed by atoms with Crippen LogP contribution in [-0.4, -0.2) is 17.1 Å². The van der Waals surface area contributed by atoms with E-state index in [0.29, 0.717) is 13.0 Å². The maximum absolute atomic E-state index is 11.4. The summed E-state index contributed by atoms with van der Waals surface area (Å²) < 4.78 is 7.36. The van der Waals surface area contributed by atoms with Crippen molar-refractivity contribution in [2.45, 2.75) is 39.2 Å². The molecule has 0 saturated heterocycles. The largest absolute Gasteiger partial charge is 0.466 e. The van der Waals surface area contributed by atoms with Crippen LogP contribution < -0.4 is 0 Å². The molecule has 0 bridgehead atoms. The van der Waals surface area contributed by atoms with Gasteiger partial charge in [0.05, 0.1) is 6.61 Å². The van der Waals surface area contributed by atoms with Gasteiger partial charge in [0, 0.05) is 34.8 Å². The van der Waals surface area contributed by atoms with Crippen molar-refractivity contribution >= 4 is 27.8 Å². The molecule has 0 N–H and O–H groups in total. The highest BCUT2D eigenvalue weighted by Gasteiger charge is 2.09. The topological polar surface area (TPSA) is 31.2 Å². The van der Waals surface area contributed by atoms with Crippen LogP contribution >= 0.6 is 0 Å². The molecule has 3 nitrogen and oxygen atoms in total. The van der Waals surface area contributed by atoms with Gasteiger partial charge in [-0.1, -0.05) is 42.8 Å². The Morgan fingerprint density at radius 2 is 1.52 bits per heavy atom. The summed E-state index contributed by atoms with van der Waals surface area (Å²) in [4.78, 5) is 11.4. The van der Waals surface area contributed by atoms with Gasteiger partial charge >= 0.3 is 5.97 Å². The number of aryl methyl sites for hydroxylation is 1. The van der Waals surface area contributed by atoms with E-state index in [1.54, 1.807) is 0 Å². The Balaban J connectivity index is 1.69. The molecule has 3 aromatic rings. The molecule has 1 heterocycles. The second kappa shape index (κ2) is 7.32. The number of carbonyl (C=O) groups is 1. The fourth-order valence-corrected chi connectivity index (χ4v) is 3.19. The molecule has 0 fully saturated rings. The number of ether oxygens (including phenoxy) is 1. The van der Waals surface area contributed by atoms with Crippen LogP contribution in [0, 0.1) is 0 Å². The van der Waals surface area contributed by atoms with Crippen molar-refractivity contribution < 1.29 is 9.53 Å². The average Bonchev–Trinajstić information content (AvgIpc) is 2.89. The van der Waals surface area contributed by atoms with E-state index in [2.05, 4.69) is 53.1 Å². The van der Waals surface area contributed by atoms with E-state index in [4.69, 9.17) is 4.74 Å². The average molecular weight is 309 g/mol. The standard InChI is InChI=1S/C20H23NO2/c1-2-23-20(22)14-4-3-9-15-21-18-12-7-5-10-16(18)17-11-6-8-13-19(17)21/h5-8,10-13H,2-4,9,14-15H2,1H3. The highest BCUT2D eigenvalue weighted by Crippen LogP contribution is 2.29. The van der Waals surface area contributed by atoms with Crippen molar-refractivity contribution in [1.82, 2.24) is 4.57 Å². The lowest BCUT2D eigenvalue weighted by Crippen LogP contribution is -2.03. The van der Waals surface area contributed by atoms with Crippen LogP contribution in [0.3, 0.4) is 0 Å². The smallest absolute Gasteiger partial charge is 0.305 e. The molecule has 0 unspecified atom stereocenters. The van der Waals surface area contributed by atoms with Gasteiger partial charge in [-0.2, -0.15) is 0 Å². The Hall–Kier alpha value is -2.29. The van der Waals surface area contributed by atoms with Crippen LogP contribution in [-0.2, 0) is 16.1 Å². The van der Waals surface area contributed by atoms with Crippen LogP contribution in [0.15, 0.2) is 48.5 Å². The van der Waals surface area contributed by atoms with Crippen LogP contribution in [0.2, 0.25) is 0 Å². The molecule has 23 heavy (non-hydrogen) atoms. The zero-order valence-electron chi connectivity index (χ0n) is 13.6. The third kappa shape index (κ3) is 3.39. The van der Waals surface area contributed by atoms with Crippen molar-refractivity contribution in [1.29, 1.82) is 0 Å². The fraction of sp³-hybridized carbons (Fsp3) is 0.350. The summed E-state index contributed by atoms with van der Waals surface area (Å²) in [5.74, 6) is -0.0793. The first kappa shape index (κ1) is 15.6. The normalized spacial score (nSPS) is 11.2. The zero-order valence-corrected chi connectivity index (χ0v) is 13.6. The lowest BCUT2D eigenvalue weighted by molar-refractivity contribution is -0.143. The Labute approximate surface area is 136 Å². The summed E-state index contributed by atoms with van der Waals surface area (Å²) in [7, 11) is 0. The monoisotopic (exact) mass is 309 g/mol. The Kier molecular flexibility index (Phi) is 4.96. The number of unbranched alkanes of at least 4 members (excludes halogenated alkanes) is 2.